The highest BCUT2D eigenvalue weighted by Crippen LogP contribution is 2.26. The van der Waals surface area contributed by atoms with Gasteiger partial charge in [-0.25, -0.2) is 23.1 Å². The number of nitrogens with zero attached hydrogens (tertiary/aromatic N) is 3. The molecule has 0 saturated carbocycles. The summed E-state index contributed by atoms with van der Waals surface area (Å²) in [6, 6.07) is 4.71. The lowest BCUT2D eigenvalue weighted by Crippen LogP contribution is -2.48. The molecule has 118 valence electrons. The van der Waals surface area contributed by atoms with Crippen LogP contribution in [0, 0.1) is 0 Å². The lowest BCUT2D eigenvalue weighted by atomic mass is 10.1. The zero-order valence-electron chi connectivity index (χ0n) is 11.6. The third kappa shape index (κ3) is 3.57. The number of hydrogen-bond donors (Lipinski definition) is 1. The van der Waals surface area contributed by atoms with Crippen LogP contribution >= 0.6 is 22.9 Å². The average molecular weight is 359 g/mol. The third-order valence-electron chi connectivity index (χ3n) is 3.39. The van der Waals surface area contributed by atoms with Gasteiger partial charge in [-0.2, -0.15) is 0 Å². The van der Waals surface area contributed by atoms with E-state index in [1.807, 2.05) is 4.90 Å². The molecule has 0 amide bonds. The van der Waals surface area contributed by atoms with Gasteiger partial charge in [0.05, 0.1) is 4.34 Å². The normalized spacial score (nSPS) is 19.3. The molecule has 1 saturated heterocycles. The van der Waals surface area contributed by atoms with Crippen molar-refractivity contribution in [1.29, 1.82) is 0 Å². The van der Waals surface area contributed by atoms with Gasteiger partial charge in [-0.3, -0.25) is 0 Å². The number of anilines is 1. The molecule has 6 nitrogen and oxygen atoms in total. The molecule has 0 spiro atoms. The number of piperidine rings is 1. The van der Waals surface area contributed by atoms with E-state index in [1.165, 1.54) is 6.07 Å². The molecule has 22 heavy (non-hydrogen) atoms. The molecule has 2 aromatic rings. The Kier molecular flexibility index (Phi) is 4.62. The highest BCUT2D eigenvalue weighted by Gasteiger charge is 2.27. The van der Waals surface area contributed by atoms with E-state index in [9.17, 15) is 8.42 Å². The molecule has 3 heterocycles. The quantitative estimate of drug-likeness (QED) is 0.906. The second-order valence-electron chi connectivity index (χ2n) is 5.01. The van der Waals surface area contributed by atoms with Crippen molar-refractivity contribution in [3.05, 3.63) is 34.9 Å². The zero-order valence-corrected chi connectivity index (χ0v) is 14.0. The highest BCUT2D eigenvalue weighted by atomic mass is 35.5. The minimum Gasteiger partial charge on any atom is -0.339 e. The van der Waals surface area contributed by atoms with Crippen molar-refractivity contribution in [2.75, 3.05) is 18.0 Å². The molecule has 0 aromatic carbocycles. The molecule has 0 bridgehead atoms. The van der Waals surface area contributed by atoms with Gasteiger partial charge in [0, 0.05) is 31.5 Å². The van der Waals surface area contributed by atoms with Crippen LogP contribution in [0.4, 0.5) is 5.95 Å². The number of halogens is 1. The Hall–Kier alpha value is -1.22. The predicted molar refractivity (Wildman–Crippen MR) is 86.9 cm³/mol. The van der Waals surface area contributed by atoms with Crippen LogP contribution in [-0.2, 0) is 10.0 Å². The fourth-order valence-electron chi connectivity index (χ4n) is 2.43. The second kappa shape index (κ2) is 6.49. The smallest absolute Gasteiger partial charge is 0.250 e. The van der Waals surface area contributed by atoms with Crippen LogP contribution < -0.4 is 9.62 Å². The first-order valence-electron chi connectivity index (χ1n) is 6.84. The molecule has 1 fully saturated rings. The van der Waals surface area contributed by atoms with Crippen LogP contribution in [0.2, 0.25) is 4.34 Å². The van der Waals surface area contributed by atoms with Gasteiger partial charge in [0.1, 0.15) is 4.21 Å². The molecular formula is C13H15ClN4O2S2. The molecule has 1 atom stereocenters. The van der Waals surface area contributed by atoms with Crippen molar-refractivity contribution in [3.63, 3.8) is 0 Å². The van der Waals surface area contributed by atoms with E-state index in [-0.39, 0.29) is 10.3 Å². The highest BCUT2D eigenvalue weighted by molar-refractivity contribution is 7.91. The predicted octanol–water partition coefficient (Wildman–Crippen LogP) is 2.14. The monoisotopic (exact) mass is 358 g/mol. The topological polar surface area (TPSA) is 75.2 Å². The van der Waals surface area contributed by atoms with Crippen LogP contribution in [0.25, 0.3) is 0 Å². The van der Waals surface area contributed by atoms with Crippen molar-refractivity contribution >= 4 is 38.9 Å². The van der Waals surface area contributed by atoms with E-state index in [1.54, 1.807) is 24.5 Å². The van der Waals surface area contributed by atoms with E-state index < -0.39 is 10.0 Å². The van der Waals surface area contributed by atoms with Crippen molar-refractivity contribution in [2.24, 2.45) is 0 Å². The molecule has 2 aromatic heterocycles. The van der Waals surface area contributed by atoms with Crippen LogP contribution in [0.5, 0.6) is 0 Å². The van der Waals surface area contributed by atoms with E-state index in [0.717, 1.165) is 30.7 Å². The lowest BCUT2D eigenvalue weighted by molar-refractivity contribution is 0.462. The van der Waals surface area contributed by atoms with Crippen molar-refractivity contribution in [1.82, 2.24) is 14.7 Å². The van der Waals surface area contributed by atoms with Crippen LogP contribution in [-0.4, -0.2) is 37.5 Å². The molecule has 0 radical (unpaired) electrons. The summed E-state index contributed by atoms with van der Waals surface area (Å²) in [5, 5.41) is 0. The van der Waals surface area contributed by atoms with Gasteiger partial charge in [-0.1, -0.05) is 11.6 Å². The second-order valence-corrected chi connectivity index (χ2v) is 8.67. The largest absolute Gasteiger partial charge is 0.339 e. The summed E-state index contributed by atoms with van der Waals surface area (Å²) in [5.74, 6) is 0.630. The minimum absolute atomic E-state index is 0.163. The Morgan fingerprint density at radius 1 is 1.32 bits per heavy atom. The standard InChI is InChI=1S/C13H15ClN4O2S2/c14-11-4-5-12(21-11)22(19,20)17-10-3-1-8-18(9-10)13-15-6-2-7-16-13/h2,4-7,10,17H,1,3,8-9H2. The van der Waals surface area contributed by atoms with Gasteiger partial charge in [-0.05, 0) is 31.0 Å². The summed E-state index contributed by atoms with van der Waals surface area (Å²) in [7, 11) is -3.53. The summed E-state index contributed by atoms with van der Waals surface area (Å²) in [5.41, 5.74) is 0. The Morgan fingerprint density at radius 3 is 2.77 bits per heavy atom. The summed E-state index contributed by atoms with van der Waals surface area (Å²) >= 11 is 6.87. The van der Waals surface area contributed by atoms with Gasteiger partial charge in [0.15, 0.2) is 0 Å². The lowest BCUT2D eigenvalue weighted by Gasteiger charge is -2.32. The third-order valence-corrected chi connectivity index (χ3v) is 6.64. The first-order chi connectivity index (χ1) is 10.5. The number of hydrogen-bond acceptors (Lipinski definition) is 6. The van der Waals surface area contributed by atoms with Gasteiger partial charge >= 0.3 is 0 Å². The first-order valence-corrected chi connectivity index (χ1v) is 9.52. The number of aromatic nitrogens is 2. The van der Waals surface area contributed by atoms with Crippen molar-refractivity contribution < 1.29 is 8.42 Å². The zero-order chi connectivity index (χ0) is 15.6. The van der Waals surface area contributed by atoms with Crippen LogP contribution in [0.3, 0.4) is 0 Å². The maximum absolute atomic E-state index is 12.3. The fraction of sp³-hybridized carbons (Fsp3) is 0.385. The molecule has 9 heteroatoms. The fourth-order valence-corrected chi connectivity index (χ4v) is 5.19. The molecule has 1 aliphatic heterocycles. The van der Waals surface area contributed by atoms with Crippen LogP contribution in [0.1, 0.15) is 12.8 Å². The maximum Gasteiger partial charge on any atom is 0.250 e. The minimum atomic E-state index is -3.53. The summed E-state index contributed by atoms with van der Waals surface area (Å²) in [6.07, 6.45) is 5.05. The average Bonchev–Trinajstić information content (AvgIpc) is 2.96. The van der Waals surface area contributed by atoms with Crippen LogP contribution in [0.15, 0.2) is 34.8 Å². The summed E-state index contributed by atoms with van der Waals surface area (Å²) in [6.45, 7) is 1.38. The van der Waals surface area contributed by atoms with Gasteiger partial charge in [0.2, 0.25) is 16.0 Å². The van der Waals surface area contributed by atoms with E-state index in [4.69, 9.17) is 11.6 Å². The van der Waals surface area contributed by atoms with Gasteiger partial charge in [0.25, 0.3) is 0 Å². The Morgan fingerprint density at radius 2 is 2.09 bits per heavy atom. The van der Waals surface area contributed by atoms with E-state index >= 15 is 0 Å². The first kappa shape index (κ1) is 15.7. The molecular weight excluding hydrogens is 344 g/mol. The Bertz CT molecular complexity index is 736. The van der Waals surface area contributed by atoms with E-state index in [2.05, 4.69) is 14.7 Å². The van der Waals surface area contributed by atoms with Crippen molar-refractivity contribution in [3.8, 4) is 0 Å². The molecule has 1 N–H and O–H groups in total. The number of nitrogens with one attached hydrogen (secondary N) is 1. The maximum atomic E-state index is 12.3. The number of thiophene rings is 1. The molecule has 0 aliphatic carbocycles. The Labute approximate surface area is 138 Å². The van der Waals surface area contributed by atoms with E-state index in [0.29, 0.717) is 16.8 Å². The SMILES string of the molecule is O=S(=O)(NC1CCCN(c2ncccn2)C1)c1ccc(Cl)s1. The number of rotatable bonds is 4. The van der Waals surface area contributed by atoms with Gasteiger partial charge in [-0.15, -0.1) is 11.3 Å². The summed E-state index contributed by atoms with van der Waals surface area (Å²) in [4.78, 5) is 10.4. The Balaban J connectivity index is 1.70. The molecule has 1 aliphatic rings. The molecule has 3 rings (SSSR count). The van der Waals surface area contributed by atoms with Crippen molar-refractivity contribution in [2.45, 2.75) is 23.1 Å². The van der Waals surface area contributed by atoms with Gasteiger partial charge < -0.3 is 4.90 Å². The molecule has 1 unspecified atom stereocenters. The number of sulfonamides is 1. The summed E-state index contributed by atoms with van der Waals surface area (Å²) < 4.78 is 28.1.